The molecule has 2 aliphatic rings. The minimum atomic E-state index is -1.04. The maximum Gasteiger partial charge on any atom is 0.272 e. The number of nitrogens with zero attached hydrogens (tertiary/aromatic N) is 6. The number of fused-ring (bicyclic) bond motifs is 2. The molecular weight excluding hydrogens is 448 g/mol. The fourth-order valence-electron chi connectivity index (χ4n) is 5.27. The Labute approximate surface area is 201 Å². The maximum absolute atomic E-state index is 13.8. The second kappa shape index (κ2) is 7.67. The van der Waals surface area contributed by atoms with E-state index in [1.54, 1.807) is 27.6 Å². The summed E-state index contributed by atoms with van der Waals surface area (Å²) in [4.78, 5) is 31.1. The van der Waals surface area contributed by atoms with Crippen LogP contribution in [0.2, 0.25) is 0 Å². The number of amides is 2. The molecule has 3 aromatic heterocycles. The van der Waals surface area contributed by atoms with Crippen molar-refractivity contribution in [2.24, 2.45) is 7.05 Å². The van der Waals surface area contributed by atoms with E-state index < -0.39 is 5.66 Å². The van der Waals surface area contributed by atoms with Crippen molar-refractivity contribution in [3.63, 3.8) is 0 Å². The fourth-order valence-corrected chi connectivity index (χ4v) is 5.27. The monoisotopic (exact) mass is 472 g/mol. The van der Waals surface area contributed by atoms with Crippen LogP contribution < -0.4 is 0 Å². The van der Waals surface area contributed by atoms with Crippen LogP contribution in [0.3, 0.4) is 0 Å². The summed E-state index contributed by atoms with van der Waals surface area (Å²) < 4.78 is 8.69. The van der Waals surface area contributed by atoms with Gasteiger partial charge >= 0.3 is 0 Å². The van der Waals surface area contributed by atoms with Gasteiger partial charge in [0, 0.05) is 43.7 Å². The highest BCUT2D eigenvalue weighted by atomic mass is 16.5. The van der Waals surface area contributed by atoms with E-state index in [0.29, 0.717) is 36.6 Å². The zero-order chi connectivity index (χ0) is 24.3. The molecular formula is C25H24N6O4. The molecule has 1 N–H and O–H groups in total. The Balaban J connectivity index is 1.51. The largest absolute Gasteiger partial charge is 0.392 e. The molecule has 1 fully saturated rings. The molecule has 178 valence electrons. The molecule has 0 bridgehead atoms. The van der Waals surface area contributed by atoms with Crippen molar-refractivity contribution in [3.8, 4) is 11.1 Å². The van der Waals surface area contributed by atoms with Gasteiger partial charge in [0.25, 0.3) is 11.8 Å². The first-order valence-electron chi connectivity index (χ1n) is 11.4. The van der Waals surface area contributed by atoms with Gasteiger partial charge in [-0.05, 0) is 24.1 Å². The highest BCUT2D eigenvalue weighted by Crippen LogP contribution is 2.44. The number of aliphatic hydroxyl groups excluding tert-OH is 1. The molecule has 1 unspecified atom stereocenters. The van der Waals surface area contributed by atoms with Gasteiger partial charge in [-0.25, -0.2) is 0 Å². The normalized spacial score (nSPS) is 19.2. The molecule has 1 saturated heterocycles. The number of hydrogen-bond acceptors (Lipinski definition) is 6. The third-order valence-corrected chi connectivity index (χ3v) is 7.05. The van der Waals surface area contributed by atoms with E-state index in [-0.39, 0.29) is 18.4 Å². The van der Waals surface area contributed by atoms with Gasteiger partial charge in [-0.3, -0.25) is 14.3 Å². The Bertz CT molecular complexity index is 1450. The van der Waals surface area contributed by atoms with E-state index in [2.05, 4.69) is 10.3 Å². The van der Waals surface area contributed by atoms with Gasteiger partial charge in [-0.2, -0.15) is 5.10 Å². The van der Waals surface area contributed by atoms with E-state index in [9.17, 15) is 14.7 Å². The number of benzene rings is 1. The van der Waals surface area contributed by atoms with Crippen molar-refractivity contribution in [2.75, 3.05) is 13.1 Å². The van der Waals surface area contributed by atoms with Crippen LogP contribution in [0, 0.1) is 6.92 Å². The molecule has 4 aromatic rings. The number of aromatic nitrogens is 4. The highest BCUT2D eigenvalue weighted by molar-refractivity contribution is 5.99. The Morgan fingerprint density at radius 1 is 1.17 bits per heavy atom. The van der Waals surface area contributed by atoms with Crippen LogP contribution in [0.5, 0.6) is 0 Å². The number of aryl methyl sites for hydroxylation is 2. The van der Waals surface area contributed by atoms with Gasteiger partial charge in [-0.1, -0.05) is 29.4 Å². The molecule has 0 saturated carbocycles. The Morgan fingerprint density at radius 3 is 2.63 bits per heavy atom. The molecule has 5 heterocycles. The molecule has 2 aliphatic heterocycles. The molecule has 0 radical (unpaired) electrons. The summed E-state index contributed by atoms with van der Waals surface area (Å²) in [6.45, 7) is 2.77. The topological polar surface area (TPSA) is 110 Å². The van der Waals surface area contributed by atoms with Crippen LogP contribution in [-0.4, -0.2) is 59.3 Å². The molecule has 10 heteroatoms. The molecule has 6 rings (SSSR count). The summed E-state index contributed by atoms with van der Waals surface area (Å²) in [7, 11) is 1.85. The Morgan fingerprint density at radius 2 is 1.97 bits per heavy atom. The van der Waals surface area contributed by atoms with Gasteiger partial charge in [0.2, 0.25) is 0 Å². The minimum absolute atomic E-state index is 0.0886. The van der Waals surface area contributed by atoms with Crippen LogP contribution in [0.1, 0.15) is 37.7 Å². The number of carbonyl (C=O) groups is 2. The second-order valence-corrected chi connectivity index (χ2v) is 9.04. The van der Waals surface area contributed by atoms with Gasteiger partial charge in [0.1, 0.15) is 17.5 Å². The van der Waals surface area contributed by atoms with E-state index in [1.807, 2.05) is 54.3 Å². The lowest BCUT2D eigenvalue weighted by Gasteiger charge is -2.47. The first-order valence-corrected chi connectivity index (χ1v) is 11.4. The number of carbonyl (C=O) groups excluding carboxylic acids is 2. The predicted molar refractivity (Wildman–Crippen MR) is 124 cm³/mol. The van der Waals surface area contributed by atoms with Crippen LogP contribution in [0.25, 0.3) is 11.1 Å². The highest BCUT2D eigenvalue weighted by Gasteiger charge is 2.56. The van der Waals surface area contributed by atoms with Crippen molar-refractivity contribution < 1.29 is 19.2 Å². The molecule has 1 aromatic carbocycles. The lowest BCUT2D eigenvalue weighted by molar-refractivity contribution is -0.00598. The first-order chi connectivity index (χ1) is 16.9. The summed E-state index contributed by atoms with van der Waals surface area (Å²) in [6.07, 6.45) is 6.97. The van der Waals surface area contributed by atoms with Crippen molar-refractivity contribution in [3.05, 3.63) is 83.3 Å². The fraction of sp³-hybridized carbons (Fsp3) is 0.280. The summed E-state index contributed by atoms with van der Waals surface area (Å²) in [5.41, 5.74) is 3.77. The van der Waals surface area contributed by atoms with E-state index in [4.69, 9.17) is 4.52 Å². The van der Waals surface area contributed by atoms with Crippen molar-refractivity contribution in [1.82, 2.24) is 29.3 Å². The van der Waals surface area contributed by atoms with Crippen LogP contribution in [0.4, 0.5) is 0 Å². The molecule has 0 spiro atoms. The zero-order valence-corrected chi connectivity index (χ0v) is 19.4. The average Bonchev–Trinajstić information content (AvgIpc) is 3.64. The summed E-state index contributed by atoms with van der Waals surface area (Å²) >= 11 is 0. The van der Waals surface area contributed by atoms with E-state index in [0.717, 1.165) is 22.3 Å². The predicted octanol–water partition coefficient (Wildman–Crippen LogP) is 2.14. The smallest absolute Gasteiger partial charge is 0.272 e. The van der Waals surface area contributed by atoms with Gasteiger partial charge in [-0.15, -0.1) is 0 Å². The van der Waals surface area contributed by atoms with E-state index >= 15 is 0 Å². The summed E-state index contributed by atoms with van der Waals surface area (Å²) in [6, 6.07) is 9.30. The van der Waals surface area contributed by atoms with Crippen LogP contribution in [0.15, 0.2) is 59.7 Å². The summed E-state index contributed by atoms with van der Waals surface area (Å²) in [5.74, 6) is -0.386. The Kier molecular flexibility index (Phi) is 4.68. The second-order valence-electron chi connectivity index (χ2n) is 9.04. The van der Waals surface area contributed by atoms with E-state index in [1.165, 1.54) is 6.26 Å². The first kappa shape index (κ1) is 21.4. The van der Waals surface area contributed by atoms with Gasteiger partial charge in [0.15, 0.2) is 5.66 Å². The number of aliphatic hydroxyl groups is 1. The lowest BCUT2D eigenvalue weighted by Crippen LogP contribution is -2.60. The standard InChI is InChI=1S/C25H24N6O4/c1-16-21(14-35-27-16)23(33)30-7-8-31-24(34)22-9-18(19-10-26-28(2)11-19)12-29(22)15-25(30,31)20-5-3-17(13-32)4-6-20/h3-6,9-12,14,32H,7-8,13,15H2,1-2H3. The number of hydrogen-bond donors (Lipinski definition) is 1. The van der Waals surface area contributed by atoms with Gasteiger partial charge in [0.05, 0.1) is 25.0 Å². The molecule has 2 amide bonds. The van der Waals surface area contributed by atoms with Crippen molar-refractivity contribution in [1.29, 1.82) is 0 Å². The van der Waals surface area contributed by atoms with Gasteiger partial charge < -0.3 is 24.0 Å². The van der Waals surface area contributed by atoms with Crippen molar-refractivity contribution in [2.45, 2.75) is 25.7 Å². The third-order valence-electron chi connectivity index (χ3n) is 7.05. The minimum Gasteiger partial charge on any atom is -0.392 e. The van der Waals surface area contributed by atoms with Crippen LogP contribution in [-0.2, 0) is 25.9 Å². The molecule has 1 atom stereocenters. The third kappa shape index (κ3) is 3.06. The molecule has 10 nitrogen and oxygen atoms in total. The lowest BCUT2D eigenvalue weighted by atomic mass is 9.93. The molecule has 35 heavy (non-hydrogen) atoms. The average molecular weight is 473 g/mol. The zero-order valence-electron chi connectivity index (χ0n) is 19.4. The number of rotatable bonds is 4. The SMILES string of the molecule is Cc1nocc1C(=O)N1CCN2C(=O)c3cc(-c4cnn(C)c4)cn3CC12c1ccc(CO)cc1. The Hall–Kier alpha value is -4.18. The van der Waals surface area contributed by atoms with Crippen LogP contribution >= 0.6 is 0 Å². The van der Waals surface area contributed by atoms with Crippen molar-refractivity contribution >= 4 is 11.8 Å². The maximum atomic E-state index is 13.8. The molecule has 0 aliphatic carbocycles. The summed E-state index contributed by atoms with van der Waals surface area (Å²) in [5, 5.41) is 17.7. The quantitative estimate of drug-likeness (QED) is 0.487.